The van der Waals surface area contributed by atoms with E-state index in [1.807, 2.05) is 48.4 Å². The van der Waals surface area contributed by atoms with Crippen molar-refractivity contribution in [3.63, 3.8) is 0 Å². The Hall–Kier alpha value is -2.60. The summed E-state index contributed by atoms with van der Waals surface area (Å²) in [5, 5.41) is 8.46. The molecular formula is C25H30N4OS. The van der Waals surface area contributed by atoms with E-state index in [0.717, 1.165) is 35.4 Å². The van der Waals surface area contributed by atoms with Gasteiger partial charge in [0.2, 0.25) is 5.91 Å². The smallest absolute Gasteiger partial charge is 0.224 e. The first kappa shape index (κ1) is 21.6. The Bertz CT molecular complexity index is 992. The molecule has 31 heavy (non-hydrogen) atoms. The van der Waals surface area contributed by atoms with Crippen LogP contribution in [-0.2, 0) is 17.8 Å². The molecule has 1 amide bonds. The molecule has 0 atom stereocenters. The third kappa shape index (κ3) is 5.76. The van der Waals surface area contributed by atoms with Crippen LogP contribution in [-0.4, -0.2) is 25.9 Å². The molecule has 6 heteroatoms. The van der Waals surface area contributed by atoms with Gasteiger partial charge in [0.25, 0.3) is 0 Å². The summed E-state index contributed by atoms with van der Waals surface area (Å²) in [6, 6.07) is 14.9. The Labute approximate surface area is 188 Å². The Morgan fingerprint density at radius 3 is 2.52 bits per heavy atom. The molecule has 0 radical (unpaired) electrons. The first-order valence-electron chi connectivity index (χ1n) is 11.1. The Kier molecular flexibility index (Phi) is 7.07. The lowest BCUT2D eigenvalue weighted by Crippen LogP contribution is -2.24. The zero-order valence-corrected chi connectivity index (χ0v) is 19.1. The largest absolute Gasteiger partial charge is 0.350 e. The van der Waals surface area contributed by atoms with Crippen molar-refractivity contribution in [2.24, 2.45) is 0 Å². The van der Waals surface area contributed by atoms with Gasteiger partial charge in [-0.05, 0) is 48.7 Å². The van der Waals surface area contributed by atoms with Gasteiger partial charge in [-0.2, -0.15) is 5.10 Å². The van der Waals surface area contributed by atoms with Crippen LogP contribution < -0.4 is 5.32 Å². The zero-order chi connectivity index (χ0) is 21.6. The maximum absolute atomic E-state index is 12.5. The van der Waals surface area contributed by atoms with Crippen molar-refractivity contribution < 1.29 is 4.79 Å². The molecule has 0 spiro atoms. The van der Waals surface area contributed by atoms with Gasteiger partial charge in [-0.15, -0.1) is 11.8 Å². The molecule has 0 unspecified atom stereocenters. The number of hydrogen-bond donors (Lipinski definition) is 1. The summed E-state index contributed by atoms with van der Waals surface area (Å²) in [7, 11) is 0. The van der Waals surface area contributed by atoms with Crippen LogP contribution in [0.3, 0.4) is 0 Å². The van der Waals surface area contributed by atoms with Crippen LogP contribution in [0.15, 0.2) is 59.8 Å². The van der Waals surface area contributed by atoms with E-state index in [1.54, 1.807) is 0 Å². The van der Waals surface area contributed by atoms with Crippen LogP contribution in [0.25, 0.3) is 11.3 Å². The molecule has 0 saturated heterocycles. The lowest BCUT2D eigenvalue weighted by Gasteiger charge is -2.14. The number of amides is 1. The van der Waals surface area contributed by atoms with Gasteiger partial charge in [0.05, 0.1) is 30.4 Å². The van der Waals surface area contributed by atoms with Crippen LogP contribution in [0.2, 0.25) is 0 Å². The molecule has 5 nitrogen and oxygen atoms in total. The summed E-state index contributed by atoms with van der Waals surface area (Å²) in [5.41, 5.74) is 4.15. The third-order valence-corrected chi connectivity index (χ3v) is 6.58. The van der Waals surface area contributed by atoms with Crippen molar-refractivity contribution in [1.29, 1.82) is 0 Å². The van der Waals surface area contributed by atoms with Crippen LogP contribution in [0, 0.1) is 0 Å². The number of pyridine rings is 1. The number of thioether (sulfide) groups is 1. The van der Waals surface area contributed by atoms with Gasteiger partial charge in [-0.3, -0.25) is 14.5 Å². The number of hydrogen-bond acceptors (Lipinski definition) is 4. The fraction of sp³-hybridized carbons (Fsp3) is 0.400. The second-order valence-electron chi connectivity index (χ2n) is 8.40. The summed E-state index contributed by atoms with van der Waals surface area (Å²) in [6.45, 7) is 4.80. The minimum atomic E-state index is 0.0186. The van der Waals surface area contributed by atoms with Crippen molar-refractivity contribution in [3.05, 3.63) is 66.1 Å². The predicted molar refractivity (Wildman–Crippen MR) is 126 cm³/mol. The van der Waals surface area contributed by atoms with Gasteiger partial charge in [-0.25, -0.2) is 0 Å². The fourth-order valence-corrected chi connectivity index (χ4v) is 4.93. The van der Waals surface area contributed by atoms with Crippen molar-refractivity contribution in [2.75, 3.05) is 0 Å². The molecular weight excluding hydrogens is 404 g/mol. The molecule has 1 aliphatic carbocycles. The molecule has 2 heterocycles. The molecule has 1 aliphatic rings. The van der Waals surface area contributed by atoms with Gasteiger partial charge in [-0.1, -0.05) is 38.8 Å². The number of rotatable bonds is 8. The van der Waals surface area contributed by atoms with E-state index in [9.17, 15) is 4.79 Å². The minimum Gasteiger partial charge on any atom is -0.350 e. The van der Waals surface area contributed by atoms with Crippen molar-refractivity contribution >= 4 is 17.7 Å². The van der Waals surface area contributed by atoms with Crippen LogP contribution in [0.4, 0.5) is 0 Å². The summed E-state index contributed by atoms with van der Waals surface area (Å²) >= 11 is 1.83. The van der Waals surface area contributed by atoms with E-state index in [0.29, 0.717) is 24.3 Å². The van der Waals surface area contributed by atoms with Gasteiger partial charge in [0, 0.05) is 28.1 Å². The second-order valence-corrected chi connectivity index (χ2v) is 10.1. The molecule has 2 aromatic heterocycles. The first-order chi connectivity index (χ1) is 15.1. The van der Waals surface area contributed by atoms with Crippen LogP contribution >= 0.6 is 11.8 Å². The number of benzene rings is 1. The number of nitrogens with zero attached hydrogens (tertiary/aromatic N) is 3. The molecule has 3 aromatic rings. The Morgan fingerprint density at radius 1 is 1.13 bits per heavy atom. The summed E-state index contributed by atoms with van der Waals surface area (Å²) in [6.07, 6.45) is 8.84. The van der Waals surface area contributed by atoms with Crippen molar-refractivity contribution in [1.82, 2.24) is 20.1 Å². The number of carbonyl (C=O) groups excluding carboxylic acids is 1. The Morgan fingerprint density at radius 2 is 1.84 bits per heavy atom. The second kappa shape index (κ2) is 10.1. The topological polar surface area (TPSA) is 59.8 Å². The SMILES string of the molecule is CC(C)Sc1ccc(CC(=O)NCc2cc(-c3ccncc3)n(C3CCCC3)n2)cc1. The van der Waals surface area contributed by atoms with E-state index in [2.05, 4.69) is 47.0 Å². The average Bonchev–Trinajstić information content (AvgIpc) is 3.44. The first-order valence-corrected chi connectivity index (χ1v) is 12.0. The van der Waals surface area contributed by atoms with Gasteiger partial charge in [0.1, 0.15) is 0 Å². The predicted octanol–water partition coefficient (Wildman–Crippen LogP) is 5.42. The minimum absolute atomic E-state index is 0.0186. The summed E-state index contributed by atoms with van der Waals surface area (Å²) in [4.78, 5) is 17.9. The normalized spacial score (nSPS) is 14.3. The van der Waals surface area contributed by atoms with E-state index < -0.39 is 0 Å². The molecule has 1 fully saturated rings. The molecule has 162 valence electrons. The molecule has 1 saturated carbocycles. The molecule has 1 N–H and O–H groups in total. The monoisotopic (exact) mass is 434 g/mol. The molecule has 0 aliphatic heterocycles. The zero-order valence-electron chi connectivity index (χ0n) is 18.3. The number of nitrogens with one attached hydrogen (secondary N) is 1. The molecule has 4 rings (SSSR count). The lowest BCUT2D eigenvalue weighted by molar-refractivity contribution is -0.120. The molecule has 1 aromatic carbocycles. The van der Waals surface area contributed by atoms with E-state index in [-0.39, 0.29) is 5.91 Å². The quantitative estimate of drug-likeness (QED) is 0.481. The highest BCUT2D eigenvalue weighted by Gasteiger charge is 2.22. The van der Waals surface area contributed by atoms with E-state index in [1.165, 1.54) is 17.7 Å². The van der Waals surface area contributed by atoms with E-state index in [4.69, 9.17) is 5.10 Å². The van der Waals surface area contributed by atoms with Crippen molar-refractivity contribution in [2.45, 2.75) is 68.7 Å². The number of carbonyl (C=O) groups is 1. The summed E-state index contributed by atoms with van der Waals surface area (Å²) in [5.74, 6) is 0.0186. The van der Waals surface area contributed by atoms with E-state index >= 15 is 0 Å². The third-order valence-electron chi connectivity index (χ3n) is 5.56. The van der Waals surface area contributed by atoms with Gasteiger partial charge >= 0.3 is 0 Å². The maximum atomic E-state index is 12.5. The number of aromatic nitrogens is 3. The van der Waals surface area contributed by atoms with Crippen LogP contribution in [0.1, 0.15) is 56.8 Å². The highest BCUT2D eigenvalue weighted by Crippen LogP contribution is 2.33. The maximum Gasteiger partial charge on any atom is 0.224 e. The lowest BCUT2D eigenvalue weighted by atomic mass is 10.1. The summed E-state index contributed by atoms with van der Waals surface area (Å²) < 4.78 is 2.16. The van der Waals surface area contributed by atoms with Crippen LogP contribution in [0.5, 0.6) is 0 Å². The van der Waals surface area contributed by atoms with Gasteiger partial charge < -0.3 is 5.32 Å². The molecule has 0 bridgehead atoms. The van der Waals surface area contributed by atoms with Crippen molar-refractivity contribution in [3.8, 4) is 11.3 Å². The average molecular weight is 435 g/mol. The fourth-order valence-electron chi connectivity index (χ4n) is 4.09. The Balaban J connectivity index is 1.40. The highest BCUT2D eigenvalue weighted by atomic mass is 32.2. The van der Waals surface area contributed by atoms with Gasteiger partial charge in [0.15, 0.2) is 0 Å². The standard InChI is InChI=1S/C25H30N4OS/c1-18(2)31-23-9-7-19(8-10-23)15-25(30)27-17-21-16-24(20-11-13-26-14-12-20)29(28-21)22-5-3-4-6-22/h7-14,16,18,22H,3-6,15,17H2,1-2H3,(H,27,30). The highest BCUT2D eigenvalue weighted by molar-refractivity contribution is 7.99.